The molecular formula is C33H47O5P. The summed E-state index contributed by atoms with van der Waals surface area (Å²) in [5.41, 5.74) is 3.85. The Morgan fingerprint density at radius 1 is 0.744 bits per heavy atom. The Bertz CT molecular complexity index is 1110. The quantitative estimate of drug-likeness (QED) is 0.186. The third-order valence-electron chi connectivity index (χ3n) is 8.01. The SMILES string of the molecule is CC(C)(c1ccccc1)c1ccc(OP(O)O)c(C(C)(C)c2ccccc2)c1.CCC(C)C(O)C(CC)CO. The van der Waals surface area contributed by atoms with Gasteiger partial charge in [-0.15, -0.1) is 0 Å². The van der Waals surface area contributed by atoms with Crippen LogP contribution in [0.25, 0.3) is 0 Å². The first-order valence-corrected chi connectivity index (χ1v) is 15.0. The lowest BCUT2D eigenvalue weighted by atomic mass is 9.73. The highest BCUT2D eigenvalue weighted by atomic mass is 31.2. The molecule has 0 saturated carbocycles. The van der Waals surface area contributed by atoms with Crippen molar-refractivity contribution < 1.29 is 24.5 Å². The van der Waals surface area contributed by atoms with Crippen LogP contribution in [0.15, 0.2) is 78.9 Å². The fourth-order valence-electron chi connectivity index (χ4n) is 4.79. The average molecular weight is 555 g/mol. The van der Waals surface area contributed by atoms with Crippen molar-refractivity contribution in [2.24, 2.45) is 11.8 Å². The minimum absolute atomic E-state index is 0.0601. The van der Waals surface area contributed by atoms with E-state index in [9.17, 15) is 14.9 Å². The summed E-state index contributed by atoms with van der Waals surface area (Å²) in [6.07, 6.45) is 1.48. The summed E-state index contributed by atoms with van der Waals surface area (Å²) in [5, 5.41) is 18.5. The van der Waals surface area contributed by atoms with Crippen LogP contribution in [-0.4, -0.2) is 32.7 Å². The standard InChI is InChI=1S/C24H27O3P.C9H20O2/c1-23(2,18-11-7-5-8-12-18)20-15-16-22(27-28(25)26)21(17-20)24(3,4)19-13-9-6-10-14-19;1-4-7(3)9(11)8(5-2)6-10/h5-17,25-26H,1-4H3;7-11H,4-6H2,1-3H3. The van der Waals surface area contributed by atoms with Crippen LogP contribution < -0.4 is 4.52 Å². The summed E-state index contributed by atoms with van der Waals surface area (Å²) in [7, 11) is -2.49. The maximum atomic E-state index is 9.62. The molecule has 0 heterocycles. The number of benzene rings is 3. The van der Waals surface area contributed by atoms with E-state index in [1.54, 1.807) is 0 Å². The first-order chi connectivity index (χ1) is 18.4. The summed E-state index contributed by atoms with van der Waals surface area (Å²) in [5.74, 6) is 0.856. The Labute approximate surface area is 236 Å². The Kier molecular flexibility index (Phi) is 12.6. The lowest BCUT2D eigenvalue weighted by Crippen LogP contribution is -2.29. The number of rotatable bonds is 11. The molecule has 0 aromatic heterocycles. The summed E-state index contributed by atoms with van der Waals surface area (Å²) in [6.45, 7) is 14.8. The molecule has 39 heavy (non-hydrogen) atoms. The third kappa shape index (κ3) is 8.61. The second-order valence-corrected chi connectivity index (χ2v) is 12.0. The molecule has 0 aliphatic rings. The van der Waals surface area contributed by atoms with Crippen LogP contribution in [0, 0.1) is 11.8 Å². The van der Waals surface area contributed by atoms with Gasteiger partial charge in [-0.25, -0.2) is 0 Å². The zero-order chi connectivity index (χ0) is 29.2. The van der Waals surface area contributed by atoms with Crippen molar-refractivity contribution in [3.63, 3.8) is 0 Å². The molecule has 6 heteroatoms. The highest BCUT2D eigenvalue weighted by molar-refractivity contribution is 7.39. The zero-order valence-electron chi connectivity index (χ0n) is 24.5. The molecule has 3 unspecified atom stereocenters. The van der Waals surface area contributed by atoms with Gasteiger partial charge in [0.1, 0.15) is 5.75 Å². The summed E-state index contributed by atoms with van der Waals surface area (Å²) in [6, 6.07) is 26.6. The average Bonchev–Trinajstić information content (AvgIpc) is 2.94. The van der Waals surface area contributed by atoms with Gasteiger partial charge in [-0.3, -0.25) is 0 Å². The van der Waals surface area contributed by atoms with Crippen molar-refractivity contribution in [1.82, 2.24) is 0 Å². The van der Waals surface area contributed by atoms with Gasteiger partial charge in [0.05, 0.1) is 6.10 Å². The predicted molar refractivity (Wildman–Crippen MR) is 162 cm³/mol. The topological polar surface area (TPSA) is 90.2 Å². The van der Waals surface area contributed by atoms with E-state index in [4.69, 9.17) is 9.63 Å². The molecule has 4 N–H and O–H groups in total. The molecule has 0 amide bonds. The van der Waals surface area contributed by atoms with Crippen LogP contribution in [0.5, 0.6) is 5.75 Å². The monoisotopic (exact) mass is 554 g/mol. The molecular weight excluding hydrogens is 507 g/mol. The van der Waals surface area contributed by atoms with E-state index in [0.717, 1.165) is 29.5 Å². The van der Waals surface area contributed by atoms with Crippen molar-refractivity contribution in [3.8, 4) is 5.75 Å². The van der Waals surface area contributed by atoms with Crippen LogP contribution in [0.3, 0.4) is 0 Å². The van der Waals surface area contributed by atoms with Gasteiger partial charge in [0.2, 0.25) is 0 Å². The van der Waals surface area contributed by atoms with E-state index in [2.05, 4.69) is 65.0 Å². The van der Waals surface area contributed by atoms with Gasteiger partial charge in [0, 0.05) is 28.9 Å². The van der Waals surface area contributed by atoms with Gasteiger partial charge in [-0.2, -0.15) is 0 Å². The highest BCUT2D eigenvalue weighted by Crippen LogP contribution is 2.44. The molecule has 3 aromatic rings. The van der Waals surface area contributed by atoms with Gasteiger partial charge in [0.25, 0.3) is 0 Å². The normalized spacial score (nSPS) is 14.3. The van der Waals surface area contributed by atoms with E-state index in [1.165, 1.54) is 5.56 Å². The summed E-state index contributed by atoms with van der Waals surface area (Å²) in [4.78, 5) is 18.9. The molecule has 3 atom stereocenters. The van der Waals surface area contributed by atoms with Crippen molar-refractivity contribution >= 4 is 8.60 Å². The van der Waals surface area contributed by atoms with Gasteiger partial charge in [0.15, 0.2) is 0 Å². The molecule has 0 aliphatic heterocycles. The molecule has 0 radical (unpaired) electrons. The van der Waals surface area contributed by atoms with E-state index < -0.39 is 8.60 Å². The first kappa shape index (κ1) is 32.9. The van der Waals surface area contributed by atoms with E-state index in [-0.39, 0.29) is 29.5 Å². The van der Waals surface area contributed by atoms with Crippen LogP contribution in [0.4, 0.5) is 0 Å². The molecule has 5 nitrogen and oxygen atoms in total. The van der Waals surface area contributed by atoms with Crippen LogP contribution >= 0.6 is 8.60 Å². The predicted octanol–water partition coefficient (Wildman–Crippen LogP) is 7.34. The molecule has 3 rings (SSSR count). The van der Waals surface area contributed by atoms with Gasteiger partial charge < -0.3 is 24.5 Å². The largest absolute Gasteiger partial charge is 0.427 e. The lowest BCUT2D eigenvalue weighted by molar-refractivity contribution is 0.0253. The Morgan fingerprint density at radius 2 is 1.26 bits per heavy atom. The van der Waals surface area contributed by atoms with Crippen LogP contribution in [-0.2, 0) is 10.8 Å². The van der Waals surface area contributed by atoms with Gasteiger partial charge >= 0.3 is 8.60 Å². The summed E-state index contributed by atoms with van der Waals surface area (Å²) < 4.78 is 5.40. The molecule has 214 valence electrons. The second kappa shape index (κ2) is 14.9. The van der Waals surface area contributed by atoms with Crippen LogP contribution in [0.2, 0.25) is 0 Å². The van der Waals surface area contributed by atoms with Gasteiger partial charge in [-0.05, 0) is 35.1 Å². The van der Waals surface area contributed by atoms with Crippen molar-refractivity contribution in [2.75, 3.05) is 6.61 Å². The number of hydrogen-bond acceptors (Lipinski definition) is 5. The fraction of sp³-hybridized carbons (Fsp3) is 0.455. The minimum atomic E-state index is -2.49. The maximum absolute atomic E-state index is 9.62. The Morgan fingerprint density at radius 3 is 1.69 bits per heavy atom. The van der Waals surface area contributed by atoms with Crippen molar-refractivity contribution in [2.45, 2.75) is 78.2 Å². The Hall–Kier alpha value is -2.27. The molecule has 0 bridgehead atoms. The van der Waals surface area contributed by atoms with E-state index in [1.807, 2.05) is 62.4 Å². The molecule has 0 aliphatic carbocycles. The highest BCUT2D eigenvalue weighted by Gasteiger charge is 2.31. The maximum Gasteiger partial charge on any atom is 0.391 e. The molecule has 3 aromatic carbocycles. The molecule has 0 fully saturated rings. The first-order valence-electron chi connectivity index (χ1n) is 13.8. The van der Waals surface area contributed by atoms with E-state index in [0.29, 0.717) is 11.7 Å². The van der Waals surface area contributed by atoms with Crippen molar-refractivity contribution in [3.05, 3.63) is 101 Å². The number of aliphatic hydroxyl groups is 2. The smallest absolute Gasteiger partial charge is 0.391 e. The molecule has 0 spiro atoms. The zero-order valence-corrected chi connectivity index (χ0v) is 25.4. The summed E-state index contributed by atoms with van der Waals surface area (Å²) >= 11 is 0. The van der Waals surface area contributed by atoms with Crippen LogP contribution in [0.1, 0.15) is 83.6 Å². The van der Waals surface area contributed by atoms with Crippen molar-refractivity contribution in [1.29, 1.82) is 0 Å². The van der Waals surface area contributed by atoms with Gasteiger partial charge in [-0.1, -0.05) is 128 Å². The minimum Gasteiger partial charge on any atom is -0.427 e. The number of hydrogen-bond donors (Lipinski definition) is 4. The molecule has 0 saturated heterocycles. The number of aliphatic hydroxyl groups excluding tert-OH is 2. The fourth-order valence-corrected chi connectivity index (χ4v) is 5.13. The second-order valence-electron chi connectivity index (χ2n) is 11.3. The van der Waals surface area contributed by atoms with E-state index >= 15 is 0 Å². The third-order valence-corrected chi connectivity index (χ3v) is 8.37. The Balaban J connectivity index is 0.000000411. The lowest BCUT2D eigenvalue weighted by Gasteiger charge is -2.32.